The fraction of sp³-hybridized carbons (Fsp3) is 0.400. The van der Waals surface area contributed by atoms with Crippen molar-refractivity contribution in [1.29, 1.82) is 0 Å². The normalized spacial score (nSPS) is 12.6. The van der Waals surface area contributed by atoms with Crippen molar-refractivity contribution < 1.29 is 16.8 Å². The summed E-state index contributed by atoms with van der Waals surface area (Å²) in [7, 11) is -7.05. The highest BCUT2D eigenvalue weighted by atomic mass is 32.2. The number of hydrogen-bond donors (Lipinski definition) is 0. The standard InChI is InChI=1S/C10H13O4S2/c1-3-15(11,12)9-7-5-6-8-10(9)16(13,14)4-2/h5,7-8H,3-4H2,1-2H3. The molecule has 0 aliphatic rings. The van der Waals surface area contributed by atoms with Crippen LogP contribution in [0.4, 0.5) is 0 Å². The molecule has 16 heavy (non-hydrogen) atoms. The highest BCUT2D eigenvalue weighted by molar-refractivity contribution is 7.94. The van der Waals surface area contributed by atoms with Crippen molar-refractivity contribution in [3.8, 4) is 0 Å². The van der Waals surface area contributed by atoms with Crippen LogP contribution in [0.2, 0.25) is 0 Å². The molecule has 0 N–H and O–H groups in total. The molecule has 0 atom stereocenters. The summed E-state index contributed by atoms with van der Waals surface area (Å²) in [6, 6.07) is 6.48. The Balaban J connectivity index is 3.57. The van der Waals surface area contributed by atoms with Gasteiger partial charge in [-0.3, -0.25) is 0 Å². The van der Waals surface area contributed by atoms with Crippen LogP contribution in [0.3, 0.4) is 0 Å². The summed E-state index contributed by atoms with van der Waals surface area (Å²) in [4.78, 5) is -0.282. The summed E-state index contributed by atoms with van der Waals surface area (Å²) in [6.07, 6.45) is 0. The molecule has 0 unspecified atom stereocenters. The average molecular weight is 261 g/mol. The molecular formula is C10H13O4S2. The van der Waals surface area contributed by atoms with E-state index in [1.54, 1.807) is 0 Å². The minimum absolute atomic E-state index is 0.122. The maximum absolute atomic E-state index is 11.7. The Morgan fingerprint density at radius 1 is 1.00 bits per heavy atom. The van der Waals surface area contributed by atoms with Crippen molar-refractivity contribution in [1.82, 2.24) is 0 Å². The molecule has 1 rings (SSSR count). The number of rotatable bonds is 4. The highest BCUT2D eigenvalue weighted by Gasteiger charge is 2.23. The van der Waals surface area contributed by atoms with Crippen LogP contribution < -0.4 is 0 Å². The summed E-state index contributed by atoms with van der Waals surface area (Å²) < 4.78 is 46.8. The van der Waals surface area contributed by atoms with Crippen molar-refractivity contribution in [2.75, 3.05) is 11.5 Å². The van der Waals surface area contributed by atoms with Gasteiger partial charge in [0.05, 0.1) is 21.3 Å². The molecule has 6 heteroatoms. The van der Waals surface area contributed by atoms with E-state index in [1.807, 2.05) is 0 Å². The summed E-state index contributed by atoms with van der Waals surface area (Å²) in [5, 5.41) is 0. The summed E-state index contributed by atoms with van der Waals surface area (Å²) >= 11 is 0. The lowest BCUT2D eigenvalue weighted by atomic mass is 10.4. The Morgan fingerprint density at radius 2 is 1.50 bits per heavy atom. The Bertz CT molecular complexity index is 518. The van der Waals surface area contributed by atoms with E-state index in [9.17, 15) is 16.8 Å². The van der Waals surface area contributed by atoms with Crippen LogP contribution in [0.15, 0.2) is 28.0 Å². The average Bonchev–Trinajstić information content (AvgIpc) is 2.29. The lowest BCUT2D eigenvalue weighted by molar-refractivity contribution is 0.584. The van der Waals surface area contributed by atoms with E-state index in [1.165, 1.54) is 32.0 Å². The van der Waals surface area contributed by atoms with Crippen LogP contribution in [-0.4, -0.2) is 28.3 Å². The van der Waals surface area contributed by atoms with Gasteiger partial charge >= 0.3 is 0 Å². The van der Waals surface area contributed by atoms with Crippen LogP contribution >= 0.6 is 0 Å². The molecule has 1 radical (unpaired) electrons. The third-order valence-corrected chi connectivity index (χ3v) is 5.90. The van der Waals surface area contributed by atoms with E-state index in [-0.39, 0.29) is 21.3 Å². The van der Waals surface area contributed by atoms with Gasteiger partial charge in [-0.15, -0.1) is 0 Å². The molecule has 0 aliphatic carbocycles. The molecule has 0 saturated carbocycles. The molecule has 0 saturated heterocycles. The van der Waals surface area contributed by atoms with E-state index >= 15 is 0 Å². The largest absolute Gasteiger partial charge is 0.224 e. The quantitative estimate of drug-likeness (QED) is 0.813. The SMILES string of the molecule is CCS(=O)(=O)c1c[c]ccc1S(=O)(=O)CC. The molecule has 1 aromatic rings. The summed E-state index contributed by atoms with van der Waals surface area (Å²) in [5.74, 6) is -0.250. The van der Waals surface area contributed by atoms with Crippen LogP contribution in [0.25, 0.3) is 0 Å². The minimum atomic E-state index is -3.53. The van der Waals surface area contributed by atoms with Gasteiger partial charge in [0.25, 0.3) is 0 Å². The molecule has 1 aromatic carbocycles. The Hall–Kier alpha value is -0.880. The second kappa shape index (κ2) is 4.55. The number of benzene rings is 1. The van der Waals surface area contributed by atoms with Gasteiger partial charge < -0.3 is 0 Å². The Labute approximate surface area is 96.1 Å². The monoisotopic (exact) mass is 261 g/mol. The minimum Gasteiger partial charge on any atom is -0.224 e. The third kappa shape index (κ3) is 2.44. The number of sulfone groups is 2. The first kappa shape index (κ1) is 13.2. The van der Waals surface area contributed by atoms with Crippen molar-refractivity contribution in [3.63, 3.8) is 0 Å². The molecule has 0 aromatic heterocycles. The Kier molecular flexibility index (Phi) is 3.75. The molecule has 0 amide bonds. The second-order valence-electron chi connectivity index (χ2n) is 3.18. The predicted octanol–water partition coefficient (Wildman–Crippen LogP) is 1.07. The second-order valence-corrected chi connectivity index (χ2v) is 7.67. The molecule has 0 spiro atoms. The molecule has 0 bridgehead atoms. The van der Waals surface area contributed by atoms with E-state index in [2.05, 4.69) is 6.07 Å². The Morgan fingerprint density at radius 3 is 2.00 bits per heavy atom. The van der Waals surface area contributed by atoms with Crippen molar-refractivity contribution in [3.05, 3.63) is 24.3 Å². The maximum atomic E-state index is 11.7. The van der Waals surface area contributed by atoms with Crippen molar-refractivity contribution in [2.45, 2.75) is 23.6 Å². The fourth-order valence-corrected chi connectivity index (χ4v) is 3.86. The van der Waals surface area contributed by atoms with E-state index < -0.39 is 19.7 Å². The van der Waals surface area contributed by atoms with Gasteiger partial charge in [-0.2, -0.15) is 0 Å². The lowest BCUT2D eigenvalue weighted by Gasteiger charge is -2.08. The first-order chi connectivity index (χ1) is 7.35. The zero-order valence-electron chi connectivity index (χ0n) is 9.10. The molecule has 0 aliphatic heterocycles. The van der Waals surface area contributed by atoms with Gasteiger partial charge in [0.1, 0.15) is 0 Å². The van der Waals surface area contributed by atoms with Crippen molar-refractivity contribution >= 4 is 19.7 Å². The van der Waals surface area contributed by atoms with Gasteiger partial charge in [0, 0.05) is 0 Å². The first-order valence-corrected chi connectivity index (χ1v) is 8.11. The summed E-state index contributed by atoms with van der Waals surface area (Å²) in [6.45, 7) is 2.96. The summed E-state index contributed by atoms with van der Waals surface area (Å²) in [5.41, 5.74) is 0. The van der Waals surface area contributed by atoms with Gasteiger partial charge in [0.15, 0.2) is 19.7 Å². The highest BCUT2D eigenvalue weighted by Crippen LogP contribution is 2.22. The smallest absolute Gasteiger partial charge is 0.179 e. The van der Waals surface area contributed by atoms with Crippen LogP contribution in [0.1, 0.15) is 13.8 Å². The number of hydrogen-bond acceptors (Lipinski definition) is 4. The third-order valence-electron chi connectivity index (χ3n) is 2.22. The van der Waals surface area contributed by atoms with Crippen molar-refractivity contribution in [2.24, 2.45) is 0 Å². The van der Waals surface area contributed by atoms with E-state index in [0.29, 0.717) is 0 Å². The van der Waals surface area contributed by atoms with Gasteiger partial charge in [-0.05, 0) is 18.2 Å². The van der Waals surface area contributed by atoms with E-state index in [0.717, 1.165) is 0 Å². The fourth-order valence-electron chi connectivity index (χ4n) is 1.21. The lowest BCUT2D eigenvalue weighted by Crippen LogP contribution is -2.12. The van der Waals surface area contributed by atoms with E-state index in [4.69, 9.17) is 0 Å². The zero-order chi connectivity index (χ0) is 12.4. The molecule has 4 nitrogen and oxygen atoms in total. The molecule has 89 valence electrons. The predicted molar refractivity (Wildman–Crippen MR) is 60.7 cm³/mol. The first-order valence-electron chi connectivity index (χ1n) is 4.80. The van der Waals surface area contributed by atoms with Gasteiger partial charge in [-0.1, -0.05) is 19.9 Å². The maximum Gasteiger partial charge on any atom is 0.179 e. The van der Waals surface area contributed by atoms with Gasteiger partial charge in [-0.25, -0.2) is 16.8 Å². The van der Waals surface area contributed by atoms with Crippen LogP contribution in [-0.2, 0) is 19.7 Å². The topological polar surface area (TPSA) is 68.3 Å². The van der Waals surface area contributed by atoms with Gasteiger partial charge in [0.2, 0.25) is 0 Å². The molecular weight excluding hydrogens is 248 g/mol. The zero-order valence-corrected chi connectivity index (χ0v) is 10.7. The van der Waals surface area contributed by atoms with Crippen LogP contribution in [0, 0.1) is 6.07 Å². The molecule has 0 fully saturated rings. The molecule has 0 heterocycles. The van der Waals surface area contributed by atoms with Crippen LogP contribution in [0.5, 0.6) is 0 Å².